The van der Waals surface area contributed by atoms with Gasteiger partial charge in [0.1, 0.15) is 0 Å². The quantitative estimate of drug-likeness (QED) is 0.450. The van der Waals surface area contributed by atoms with E-state index in [-0.39, 0.29) is 31.6 Å². The monoisotopic (exact) mass is 448 g/mol. The number of hydrogen-bond acceptors (Lipinski definition) is 8. The minimum atomic E-state index is -3.93. The molecule has 1 aliphatic heterocycles. The Labute approximate surface area is 180 Å². The maximum atomic E-state index is 13.0. The van der Waals surface area contributed by atoms with Crippen molar-refractivity contribution in [3.8, 4) is 10.6 Å². The van der Waals surface area contributed by atoms with Gasteiger partial charge in [-0.3, -0.25) is 19.9 Å². The number of pyridine rings is 1. The standard InChI is InChI=1S/C21H12N4O4S2/c26-18-14-5-1-2-6-16(14)31(28,29)17-10-12(7-8-15(17)18)19(27)23-21-25-24-20(30-21)13-4-3-9-22-11-13/h1-11H,(H,23,25,27). The summed E-state index contributed by atoms with van der Waals surface area (Å²) in [5.41, 5.74) is 1.03. The molecule has 3 heterocycles. The van der Waals surface area contributed by atoms with Crippen molar-refractivity contribution in [1.82, 2.24) is 15.2 Å². The molecule has 152 valence electrons. The van der Waals surface area contributed by atoms with Gasteiger partial charge < -0.3 is 0 Å². The summed E-state index contributed by atoms with van der Waals surface area (Å²) < 4.78 is 26.0. The molecule has 2 aromatic heterocycles. The van der Waals surface area contributed by atoms with Crippen LogP contribution in [0.25, 0.3) is 10.6 Å². The predicted molar refractivity (Wildman–Crippen MR) is 113 cm³/mol. The lowest BCUT2D eigenvalue weighted by atomic mass is 10.0. The van der Waals surface area contributed by atoms with Crippen LogP contribution in [0.2, 0.25) is 0 Å². The molecule has 4 aromatic rings. The highest BCUT2D eigenvalue weighted by atomic mass is 32.2. The predicted octanol–water partition coefficient (Wildman–Crippen LogP) is 3.23. The van der Waals surface area contributed by atoms with Gasteiger partial charge in [0.25, 0.3) is 5.91 Å². The molecule has 0 spiro atoms. The number of hydrogen-bond donors (Lipinski definition) is 1. The molecule has 1 aliphatic rings. The molecule has 10 heteroatoms. The number of fused-ring (bicyclic) bond motifs is 2. The lowest BCUT2D eigenvalue weighted by Gasteiger charge is -2.19. The van der Waals surface area contributed by atoms with Crippen LogP contribution in [0, 0.1) is 0 Å². The highest BCUT2D eigenvalue weighted by Crippen LogP contribution is 2.35. The second kappa shape index (κ2) is 7.18. The summed E-state index contributed by atoms with van der Waals surface area (Å²) in [4.78, 5) is 29.2. The molecule has 1 N–H and O–H groups in total. The summed E-state index contributed by atoms with van der Waals surface area (Å²) >= 11 is 1.16. The number of nitrogens with one attached hydrogen (secondary N) is 1. The van der Waals surface area contributed by atoms with Gasteiger partial charge in [-0.1, -0.05) is 23.5 Å². The molecule has 0 bridgehead atoms. The van der Waals surface area contributed by atoms with E-state index in [4.69, 9.17) is 0 Å². The largest absolute Gasteiger partial charge is 0.296 e. The van der Waals surface area contributed by atoms with E-state index in [1.165, 1.54) is 30.3 Å². The topological polar surface area (TPSA) is 119 Å². The number of rotatable bonds is 3. The molecule has 8 nitrogen and oxygen atoms in total. The molecule has 0 radical (unpaired) electrons. The third-order valence-electron chi connectivity index (χ3n) is 4.75. The Morgan fingerprint density at radius 1 is 0.935 bits per heavy atom. The van der Waals surface area contributed by atoms with Crippen LogP contribution in [0.3, 0.4) is 0 Å². The number of nitrogens with zero attached hydrogens (tertiary/aromatic N) is 3. The molecule has 2 aromatic carbocycles. The second-order valence-corrected chi connectivity index (χ2v) is 9.51. The SMILES string of the molecule is O=C(Nc1nnc(-c2cccnc2)s1)c1ccc2c(c1)S(=O)(=O)c1ccccc1C2=O. The summed E-state index contributed by atoms with van der Waals surface area (Å²) in [7, 11) is -3.93. The molecule has 0 saturated heterocycles. The van der Waals surface area contributed by atoms with Crippen molar-refractivity contribution < 1.29 is 18.0 Å². The minimum Gasteiger partial charge on any atom is -0.296 e. The van der Waals surface area contributed by atoms with Crippen LogP contribution in [0.5, 0.6) is 0 Å². The molecule has 1 amide bonds. The van der Waals surface area contributed by atoms with Crippen LogP contribution < -0.4 is 5.32 Å². The van der Waals surface area contributed by atoms with E-state index in [1.54, 1.807) is 30.6 Å². The van der Waals surface area contributed by atoms with E-state index in [2.05, 4.69) is 20.5 Å². The Balaban J connectivity index is 1.46. The summed E-state index contributed by atoms with van der Waals surface area (Å²) in [6.45, 7) is 0. The number of ketones is 1. The van der Waals surface area contributed by atoms with E-state index < -0.39 is 21.5 Å². The smallest absolute Gasteiger partial charge is 0.257 e. The van der Waals surface area contributed by atoms with Crippen LogP contribution >= 0.6 is 11.3 Å². The van der Waals surface area contributed by atoms with E-state index >= 15 is 0 Å². The van der Waals surface area contributed by atoms with Gasteiger partial charge in [-0.15, -0.1) is 10.2 Å². The average molecular weight is 448 g/mol. The Bertz CT molecular complexity index is 1460. The zero-order chi connectivity index (χ0) is 21.6. The first-order valence-corrected chi connectivity index (χ1v) is 11.3. The molecule has 5 rings (SSSR count). The Kier molecular flexibility index (Phi) is 4.45. The van der Waals surface area contributed by atoms with E-state index in [0.717, 1.165) is 16.9 Å². The Morgan fingerprint density at radius 3 is 2.55 bits per heavy atom. The van der Waals surface area contributed by atoms with Gasteiger partial charge in [-0.2, -0.15) is 0 Å². The maximum Gasteiger partial charge on any atom is 0.257 e. The minimum absolute atomic E-state index is 0.0463. The Morgan fingerprint density at radius 2 is 1.74 bits per heavy atom. The zero-order valence-corrected chi connectivity index (χ0v) is 17.3. The van der Waals surface area contributed by atoms with Crippen molar-refractivity contribution in [1.29, 1.82) is 0 Å². The molecule has 0 atom stereocenters. The molecular formula is C21H12N4O4S2. The first-order chi connectivity index (χ1) is 14.9. The van der Waals surface area contributed by atoms with Crippen molar-refractivity contribution in [2.75, 3.05) is 5.32 Å². The van der Waals surface area contributed by atoms with Crippen LogP contribution in [-0.4, -0.2) is 35.3 Å². The van der Waals surface area contributed by atoms with E-state index in [0.29, 0.717) is 5.01 Å². The third-order valence-corrected chi connectivity index (χ3v) is 7.49. The average Bonchev–Trinajstić information content (AvgIpc) is 3.26. The van der Waals surface area contributed by atoms with Gasteiger partial charge in [0, 0.05) is 34.6 Å². The van der Waals surface area contributed by atoms with Crippen molar-refractivity contribution in [2.45, 2.75) is 9.79 Å². The number of benzene rings is 2. The summed E-state index contributed by atoms with van der Waals surface area (Å²) in [6, 6.07) is 13.6. The maximum absolute atomic E-state index is 13.0. The van der Waals surface area contributed by atoms with E-state index in [9.17, 15) is 18.0 Å². The fourth-order valence-electron chi connectivity index (χ4n) is 3.27. The summed E-state index contributed by atoms with van der Waals surface area (Å²) in [6.07, 6.45) is 3.27. The van der Waals surface area contributed by atoms with Gasteiger partial charge in [-0.25, -0.2) is 8.42 Å². The first kappa shape index (κ1) is 19.2. The highest BCUT2D eigenvalue weighted by molar-refractivity contribution is 7.91. The van der Waals surface area contributed by atoms with Crippen molar-refractivity contribution in [3.63, 3.8) is 0 Å². The highest BCUT2D eigenvalue weighted by Gasteiger charge is 2.35. The number of carbonyl (C=O) groups excluding carboxylic acids is 2. The molecule has 0 fully saturated rings. The summed E-state index contributed by atoms with van der Waals surface area (Å²) in [5, 5.41) is 11.4. The number of sulfone groups is 1. The third kappa shape index (κ3) is 3.22. The first-order valence-electron chi connectivity index (χ1n) is 9.03. The molecular weight excluding hydrogens is 436 g/mol. The molecule has 0 saturated carbocycles. The van der Waals surface area contributed by atoms with Crippen LogP contribution in [0.4, 0.5) is 5.13 Å². The van der Waals surface area contributed by atoms with Gasteiger partial charge in [0.15, 0.2) is 10.8 Å². The normalized spacial score (nSPS) is 13.9. The van der Waals surface area contributed by atoms with E-state index in [1.807, 2.05) is 6.07 Å². The van der Waals surface area contributed by atoms with Crippen LogP contribution in [0.1, 0.15) is 26.3 Å². The van der Waals surface area contributed by atoms with Crippen LogP contribution in [0.15, 0.2) is 76.8 Å². The number of amides is 1. The number of aromatic nitrogens is 3. The number of anilines is 1. The van der Waals surface area contributed by atoms with Gasteiger partial charge in [-0.05, 0) is 42.5 Å². The van der Waals surface area contributed by atoms with Crippen molar-refractivity contribution >= 4 is 38.0 Å². The van der Waals surface area contributed by atoms with Gasteiger partial charge in [0.2, 0.25) is 15.0 Å². The lowest BCUT2D eigenvalue weighted by Crippen LogP contribution is -2.21. The van der Waals surface area contributed by atoms with Gasteiger partial charge >= 0.3 is 0 Å². The molecule has 31 heavy (non-hydrogen) atoms. The Hall–Kier alpha value is -3.76. The second-order valence-electron chi connectivity index (χ2n) is 6.65. The van der Waals surface area contributed by atoms with Crippen molar-refractivity contribution in [3.05, 3.63) is 83.7 Å². The summed E-state index contributed by atoms with van der Waals surface area (Å²) in [5.74, 6) is -0.948. The molecule has 0 aliphatic carbocycles. The fraction of sp³-hybridized carbons (Fsp3) is 0. The number of carbonyl (C=O) groups is 2. The lowest BCUT2D eigenvalue weighted by molar-refractivity contribution is 0.101. The molecule has 0 unspecified atom stereocenters. The fourth-order valence-corrected chi connectivity index (χ4v) is 5.68. The van der Waals surface area contributed by atoms with Crippen molar-refractivity contribution in [2.24, 2.45) is 0 Å². The zero-order valence-electron chi connectivity index (χ0n) is 15.6. The van der Waals surface area contributed by atoms with Gasteiger partial charge in [0.05, 0.1) is 9.79 Å². The van der Waals surface area contributed by atoms with Crippen LogP contribution in [-0.2, 0) is 9.84 Å².